The zero-order valence-electron chi connectivity index (χ0n) is 10.3. The largest absolute Gasteiger partial charge is 0.477 e. The maximum Gasteiger partial charge on any atom is 0.240 e. The molecular weight excluding hydrogens is 216 g/mol. The molecule has 0 saturated heterocycles. The van der Waals surface area contributed by atoms with E-state index >= 15 is 0 Å². The van der Waals surface area contributed by atoms with Gasteiger partial charge in [0.05, 0.1) is 18.9 Å². The third-order valence-corrected chi connectivity index (χ3v) is 3.09. The predicted octanol–water partition coefficient (Wildman–Crippen LogP) is 2.63. The van der Waals surface area contributed by atoms with Gasteiger partial charge in [0.2, 0.25) is 11.8 Å². The van der Waals surface area contributed by atoms with Gasteiger partial charge in [-0.3, -0.25) is 0 Å². The van der Waals surface area contributed by atoms with Crippen LogP contribution in [0, 0.1) is 5.92 Å². The van der Waals surface area contributed by atoms with Crippen LogP contribution in [0.5, 0.6) is 11.8 Å². The minimum absolute atomic E-state index is 0.469. The van der Waals surface area contributed by atoms with Crippen LogP contribution >= 0.6 is 0 Å². The fourth-order valence-electron chi connectivity index (χ4n) is 2.15. The van der Waals surface area contributed by atoms with Gasteiger partial charge in [0.1, 0.15) is 0 Å². The van der Waals surface area contributed by atoms with E-state index in [1.54, 1.807) is 12.1 Å². The number of nitrogens with two attached hydrogens (primary N) is 1. The molecule has 2 rings (SSSR count). The van der Waals surface area contributed by atoms with Crippen molar-refractivity contribution in [1.82, 2.24) is 4.98 Å². The Bertz CT molecular complexity index is 362. The van der Waals surface area contributed by atoms with Crippen molar-refractivity contribution in [3.8, 4) is 11.8 Å². The summed E-state index contributed by atoms with van der Waals surface area (Å²) in [4.78, 5) is 4.25. The van der Waals surface area contributed by atoms with E-state index in [0.717, 1.165) is 6.61 Å². The molecule has 0 bridgehead atoms. The van der Waals surface area contributed by atoms with Gasteiger partial charge in [-0.1, -0.05) is 12.8 Å². The van der Waals surface area contributed by atoms with E-state index in [0.29, 0.717) is 30.0 Å². The standard InChI is InChI=1S/C13H20N2O2/c1-2-16-13-11(14)7-8-12(15-13)17-9-10-5-3-4-6-10/h7-8,10H,2-6,9,14H2,1H3. The Morgan fingerprint density at radius 2 is 2.06 bits per heavy atom. The number of aromatic nitrogens is 1. The van der Waals surface area contributed by atoms with E-state index in [4.69, 9.17) is 15.2 Å². The number of pyridine rings is 1. The van der Waals surface area contributed by atoms with Crippen molar-refractivity contribution in [2.24, 2.45) is 5.92 Å². The predicted molar refractivity (Wildman–Crippen MR) is 67.3 cm³/mol. The first-order valence-corrected chi connectivity index (χ1v) is 6.31. The monoisotopic (exact) mass is 236 g/mol. The molecule has 4 heteroatoms. The van der Waals surface area contributed by atoms with E-state index in [1.807, 2.05) is 6.92 Å². The minimum atomic E-state index is 0.469. The van der Waals surface area contributed by atoms with Crippen molar-refractivity contribution in [2.45, 2.75) is 32.6 Å². The van der Waals surface area contributed by atoms with E-state index in [9.17, 15) is 0 Å². The first-order valence-electron chi connectivity index (χ1n) is 6.31. The molecular formula is C13H20N2O2. The Labute approximate surface area is 102 Å². The molecule has 1 fully saturated rings. The molecule has 1 aromatic heterocycles. The van der Waals surface area contributed by atoms with Gasteiger partial charge in [0.15, 0.2) is 0 Å². The lowest BCUT2D eigenvalue weighted by Gasteiger charge is -2.12. The van der Waals surface area contributed by atoms with E-state index in [1.165, 1.54) is 25.7 Å². The van der Waals surface area contributed by atoms with Crippen molar-refractivity contribution in [3.63, 3.8) is 0 Å². The summed E-state index contributed by atoms with van der Waals surface area (Å²) >= 11 is 0. The molecule has 1 aliphatic rings. The van der Waals surface area contributed by atoms with Crippen LogP contribution in [0.25, 0.3) is 0 Å². The van der Waals surface area contributed by atoms with E-state index in [2.05, 4.69) is 4.98 Å². The lowest BCUT2D eigenvalue weighted by Crippen LogP contribution is -2.09. The van der Waals surface area contributed by atoms with Crippen LogP contribution in [0.4, 0.5) is 5.69 Å². The molecule has 0 spiro atoms. The normalized spacial score (nSPS) is 16.1. The topological polar surface area (TPSA) is 57.4 Å². The highest BCUT2D eigenvalue weighted by molar-refractivity contribution is 5.49. The Kier molecular flexibility index (Phi) is 4.07. The zero-order valence-corrected chi connectivity index (χ0v) is 10.3. The van der Waals surface area contributed by atoms with Gasteiger partial charge < -0.3 is 15.2 Å². The number of ether oxygens (including phenoxy) is 2. The van der Waals surface area contributed by atoms with Gasteiger partial charge >= 0.3 is 0 Å². The molecule has 0 aromatic carbocycles. The van der Waals surface area contributed by atoms with Gasteiger partial charge in [0.25, 0.3) is 0 Å². The molecule has 1 aromatic rings. The van der Waals surface area contributed by atoms with Crippen LogP contribution in [0.2, 0.25) is 0 Å². The van der Waals surface area contributed by atoms with E-state index < -0.39 is 0 Å². The molecule has 0 unspecified atom stereocenters. The SMILES string of the molecule is CCOc1nc(OCC2CCCC2)ccc1N. The Hall–Kier alpha value is -1.45. The number of hydrogen-bond acceptors (Lipinski definition) is 4. The molecule has 1 aliphatic carbocycles. The smallest absolute Gasteiger partial charge is 0.240 e. The summed E-state index contributed by atoms with van der Waals surface area (Å²) in [7, 11) is 0. The average molecular weight is 236 g/mol. The minimum Gasteiger partial charge on any atom is -0.477 e. The lowest BCUT2D eigenvalue weighted by molar-refractivity contribution is 0.238. The van der Waals surface area contributed by atoms with Crippen LogP contribution in [0.3, 0.4) is 0 Å². The summed E-state index contributed by atoms with van der Waals surface area (Å²) in [6, 6.07) is 3.58. The van der Waals surface area contributed by atoms with Crippen molar-refractivity contribution in [3.05, 3.63) is 12.1 Å². The number of hydrogen-bond donors (Lipinski definition) is 1. The molecule has 4 nitrogen and oxygen atoms in total. The number of nitrogens with zero attached hydrogens (tertiary/aromatic N) is 1. The average Bonchev–Trinajstić information content (AvgIpc) is 2.83. The number of rotatable bonds is 5. The summed E-state index contributed by atoms with van der Waals surface area (Å²) in [6.45, 7) is 3.22. The van der Waals surface area contributed by atoms with Crippen LogP contribution in [0.1, 0.15) is 32.6 Å². The summed E-state index contributed by atoms with van der Waals surface area (Å²) in [5.74, 6) is 1.76. The van der Waals surface area contributed by atoms with Crippen molar-refractivity contribution in [2.75, 3.05) is 18.9 Å². The Balaban J connectivity index is 1.93. The second-order valence-electron chi connectivity index (χ2n) is 4.44. The second-order valence-corrected chi connectivity index (χ2v) is 4.44. The highest BCUT2D eigenvalue weighted by atomic mass is 16.5. The summed E-state index contributed by atoms with van der Waals surface area (Å²) in [5.41, 5.74) is 6.31. The maximum atomic E-state index is 5.75. The van der Waals surface area contributed by atoms with E-state index in [-0.39, 0.29) is 0 Å². The van der Waals surface area contributed by atoms with Crippen molar-refractivity contribution in [1.29, 1.82) is 0 Å². The molecule has 0 aliphatic heterocycles. The highest BCUT2D eigenvalue weighted by Gasteiger charge is 2.16. The van der Waals surface area contributed by atoms with Gasteiger partial charge in [-0.15, -0.1) is 0 Å². The fraction of sp³-hybridized carbons (Fsp3) is 0.615. The van der Waals surface area contributed by atoms with Gasteiger partial charge in [-0.05, 0) is 31.7 Å². The third kappa shape index (κ3) is 3.25. The second kappa shape index (κ2) is 5.75. The first kappa shape index (κ1) is 12.0. The zero-order chi connectivity index (χ0) is 12.1. The summed E-state index contributed by atoms with van der Waals surface area (Å²) < 4.78 is 11.0. The molecule has 1 heterocycles. The summed E-state index contributed by atoms with van der Waals surface area (Å²) in [6.07, 6.45) is 5.20. The Morgan fingerprint density at radius 3 is 2.76 bits per heavy atom. The van der Waals surface area contributed by atoms with Crippen molar-refractivity contribution >= 4 is 5.69 Å². The maximum absolute atomic E-state index is 5.75. The van der Waals surface area contributed by atoms with Gasteiger partial charge in [-0.2, -0.15) is 4.98 Å². The molecule has 0 atom stereocenters. The molecule has 2 N–H and O–H groups in total. The van der Waals surface area contributed by atoms with Crippen molar-refractivity contribution < 1.29 is 9.47 Å². The number of nitrogen functional groups attached to an aromatic ring is 1. The highest BCUT2D eigenvalue weighted by Crippen LogP contribution is 2.26. The molecule has 1 saturated carbocycles. The summed E-state index contributed by atoms with van der Waals surface area (Å²) in [5, 5.41) is 0. The third-order valence-electron chi connectivity index (χ3n) is 3.09. The van der Waals surface area contributed by atoms with Crippen LogP contribution in [-0.4, -0.2) is 18.2 Å². The number of anilines is 1. The van der Waals surface area contributed by atoms with Gasteiger partial charge in [-0.25, -0.2) is 0 Å². The molecule has 0 amide bonds. The quantitative estimate of drug-likeness (QED) is 0.853. The van der Waals surface area contributed by atoms with Crippen LogP contribution in [-0.2, 0) is 0 Å². The molecule has 94 valence electrons. The fourth-order valence-corrected chi connectivity index (χ4v) is 2.15. The lowest BCUT2D eigenvalue weighted by atomic mass is 10.1. The first-order chi connectivity index (χ1) is 8.29. The van der Waals surface area contributed by atoms with Gasteiger partial charge in [0, 0.05) is 6.07 Å². The molecule has 0 radical (unpaired) electrons. The Morgan fingerprint density at radius 1 is 1.29 bits per heavy atom. The molecule has 17 heavy (non-hydrogen) atoms. The van der Waals surface area contributed by atoms with Crippen LogP contribution < -0.4 is 15.2 Å². The van der Waals surface area contributed by atoms with Crippen LogP contribution in [0.15, 0.2) is 12.1 Å².